The summed E-state index contributed by atoms with van der Waals surface area (Å²) in [4.78, 5) is 28.9. The molecule has 2 aliphatic rings. The summed E-state index contributed by atoms with van der Waals surface area (Å²) in [6.07, 6.45) is 1.57. The van der Waals surface area contributed by atoms with Crippen molar-refractivity contribution < 1.29 is 38.4 Å². The lowest BCUT2D eigenvalue weighted by atomic mass is 9.81. The number of amides is 1. The highest BCUT2D eigenvalue weighted by Gasteiger charge is 2.48. The van der Waals surface area contributed by atoms with E-state index in [4.69, 9.17) is 23.7 Å². The van der Waals surface area contributed by atoms with E-state index in [2.05, 4.69) is 38.2 Å². The van der Waals surface area contributed by atoms with Crippen LogP contribution < -0.4 is 19.5 Å². The van der Waals surface area contributed by atoms with E-state index in [-0.39, 0.29) is 26.0 Å². The Balaban J connectivity index is 1.45. The summed E-state index contributed by atoms with van der Waals surface area (Å²) in [7, 11) is 1.61. The van der Waals surface area contributed by atoms with Crippen LogP contribution in [0.3, 0.4) is 0 Å². The Kier molecular flexibility index (Phi) is 10.8. The second-order valence-corrected chi connectivity index (χ2v) is 11.8. The summed E-state index contributed by atoms with van der Waals surface area (Å²) in [5.41, 5.74) is 6.69. The first-order chi connectivity index (χ1) is 22.2. The number of carboxylic acids is 1. The Morgan fingerprint density at radius 3 is 2.37 bits per heavy atom. The largest absolute Gasteiger partial charge is 0.481 e. The van der Waals surface area contributed by atoms with Gasteiger partial charge in [-0.25, -0.2) is 0 Å². The van der Waals surface area contributed by atoms with Crippen LogP contribution in [0, 0.1) is 19.8 Å². The highest BCUT2D eigenvalue weighted by atomic mass is 16.7. The number of likely N-dealkylation sites (tertiary alicyclic amines) is 1. The van der Waals surface area contributed by atoms with Crippen molar-refractivity contribution in [1.29, 1.82) is 0 Å². The summed E-state index contributed by atoms with van der Waals surface area (Å²) in [5.74, 6) is -0.448. The average molecular weight is 633 g/mol. The molecule has 0 aliphatic carbocycles. The summed E-state index contributed by atoms with van der Waals surface area (Å²) in [6, 6.07) is 14.8. The topological polar surface area (TPSA) is 116 Å². The lowest BCUT2D eigenvalue weighted by Crippen LogP contribution is -2.35. The Morgan fingerprint density at radius 2 is 1.72 bits per heavy atom. The molecule has 2 heterocycles. The van der Waals surface area contributed by atoms with Crippen molar-refractivity contribution in [2.24, 2.45) is 5.92 Å². The summed E-state index contributed by atoms with van der Waals surface area (Å²) in [5, 5.41) is 13.9. The normalized spacial score (nSPS) is 18.9. The highest BCUT2D eigenvalue weighted by Crippen LogP contribution is 2.49. The van der Waals surface area contributed by atoms with Crippen molar-refractivity contribution in [2.75, 3.05) is 52.3 Å². The van der Waals surface area contributed by atoms with Crippen molar-refractivity contribution >= 4 is 17.6 Å². The number of ether oxygens (including phenoxy) is 5. The summed E-state index contributed by atoms with van der Waals surface area (Å²) < 4.78 is 27.4. The minimum Gasteiger partial charge on any atom is -0.481 e. The monoisotopic (exact) mass is 632 g/mol. The van der Waals surface area contributed by atoms with Gasteiger partial charge in [0, 0.05) is 31.3 Å². The van der Waals surface area contributed by atoms with E-state index in [0.29, 0.717) is 37.0 Å². The molecule has 0 aromatic heterocycles. The van der Waals surface area contributed by atoms with Gasteiger partial charge in [0.1, 0.15) is 5.75 Å². The van der Waals surface area contributed by atoms with Gasteiger partial charge >= 0.3 is 5.97 Å². The number of carboxylic acid groups (broad SMARTS) is 1. The number of fused-ring (bicyclic) bond motifs is 1. The smallest absolute Gasteiger partial charge is 0.309 e. The molecule has 46 heavy (non-hydrogen) atoms. The number of methoxy groups -OCH3 is 1. The van der Waals surface area contributed by atoms with Gasteiger partial charge in [-0.1, -0.05) is 49.7 Å². The van der Waals surface area contributed by atoms with Crippen LogP contribution in [0.1, 0.15) is 59.2 Å². The fourth-order valence-electron chi connectivity index (χ4n) is 6.73. The second kappa shape index (κ2) is 15.0. The first-order valence-corrected chi connectivity index (χ1v) is 15.8. The van der Waals surface area contributed by atoms with Crippen LogP contribution in [-0.2, 0) is 31.9 Å². The number of carbonyl (C=O) groups is 2. The van der Waals surface area contributed by atoms with E-state index in [1.54, 1.807) is 19.2 Å². The number of aryl methyl sites for hydroxylation is 3. The number of aliphatic carboxylic acids is 1. The number of carbonyl (C=O) groups excluding carboxylic acids is 1. The van der Waals surface area contributed by atoms with Crippen LogP contribution in [0.2, 0.25) is 0 Å². The van der Waals surface area contributed by atoms with E-state index in [1.165, 1.54) is 0 Å². The number of hydrogen-bond acceptors (Lipinski definition) is 8. The molecular weight excluding hydrogens is 588 g/mol. The first-order valence-electron chi connectivity index (χ1n) is 15.8. The Bertz CT molecular complexity index is 1510. The van der Waals surface area contributed by atoms with Gasteiger partial charge in [0.2, 0.25) is 12.7 Å². The maximum absolute atomic E-state index is 13.8. The fraction of sp³-hybridized carbons (Fsp3) is 0.444. The molecule has 1 fully saturated rings. The lowest BCUT2D eigenvalue weighted by molar-refractivity contribution is -0.143. The molecule has 3 aromatic rings. The first kappa shape index (κ1) is 33.2. The van der Waals surface area contributed by atoms with Crippen molar-refractivity contribution in [3.63, 3.8) is 0 Å². The SMILES string of the molecule is CCc1cc(C)cc(CC)c1NC(=O)CN1C[C@H](c2ccc3c(c2C)OCO3)C(C(=O)O)[C@@H]1c1ccc(OCOCCOC)cc1. The Hall–Kier alpha value is -4.12. The Morgan fingerprint density at radius 1 is 1.00 bits per heavy atom. The third-order valence-electron chi connectivity index (χ3n) is 8.89. The molecule has 1 unspecified atom stereocenters. The second-order valence-electron chi connectivity index (χ2n) is 11.8. The number of hydrogen-bond donors (Lipinski definition) is 2. The summed E-state index contributed by atoms with van der Waals surface area (Å²) in [6.45, 7) is 9.64. The van der Waals surface area contributed by atoms with Crippen molar-refractivity contribution in [3.8, 4) is 17.2 Å². The van der Waals surface area contributed by atoms with Gasteiger partial charge in [-0.15, -0.1) is 0 Å². The van der Waals surface area contributed by atoms with Gasteiger partial charge in [0.25, 0.3) is 0 Å². The third kappa shape index (κ3) is 7.14. The number of anilines is 1. The quantitative estimate of drug-likeness (QED) is 0.172. The Labute approximate surface area is 270 Å². The molecule has 1 saturated heterocycles. The molecular formula is C36H44N2O8. The van der Waals surface area contributed by atoms with Crippen LogP contribution >= 0.6 is 0 Å². The molecule has 3 atom stereocenters. The minimum absolute atomic E-state index is 0.0281. The molecule has 10 nitrogen and oxygen atoms in total. The van der Waals surface area contributed by atoms with Crippen molar-refractivity contribution in [3.05, 3.63) is 81.9 Å². The van der Waals surface area contributed by atoms with Gasteiger partial charge in [0.05, 0.1) is 25.7 Å². The maximum Gasteiger partial charge on any atom is 0.309 e. The predicted molar refractivity (Wildman–Crippen MR) is 174 cm³/mol. The molecule has 0 bridgehead atoms. The molecule has 5 rings (SSSR count). The molecule has 3 aromatic carbocycles. The standard InChI is InChI=1S/C36H44N2O8/c1-6-24-16-22(3)17-25(7-2)33(24)37-31(39)19-38-18-29(28-12-13-30-35(23(28)4)46-21-45-30)32(36(40)41)34(38)26-8-10-27(11-9-26)44-20-43-15-14-42-5/h8-13,16-17,29,32,34H,6-7,14-15,18-21H2,1-5H3,(H,37,39)(H,40,41)/t29-,32?,34+/m1/s1. The van der Waals surface area contributed by atoms with E-state index in [0.717, 1.165) is 51.9 Å². The molecule has 2 N–H and O–H groups in total. The van der Waals surface area contributed by atoms with Crippen LogP contribution in [-0.4, -0.2) is 68.9 Å². The molecule has 10 heteroatoms. The zero-order chi connectivity index (χ0) is 32.8. The molecule has 2 aliphatic heterocycles. The lowest BCUT2D eigenvalue weighted by Gasteiger charge is -2.27. The van der Waals surface area contributed by atoms with Crippen molar-refractivity contribution in [1.82, 2.24) is 4.90 Å². The number of benzene rings is 3. The van der Waals surface area contributed by atoms with Crippen molar-refractivity contribution in [2.45, 2.75) is 52.5 Å². The molecule has 0 radical (unpaired) electrons. The molecule has 0 saturated carbocycles. The molecule has 1 amide bonds. The van der Waals surface area contributed by atoms with Gasteiger partial charge < -0.3 is 34.1 Å². The van der Waals surface area contributed by atoms with Gasteiger partial charge in [0.15, 0.2) is 18.3 Å². The van der Waals surface area contributed by atoms with Crippen LogP contribution in [0.15, 0.2) is 48.5 Å². The minimum atomic E-state index is -0.929. The van der Waals surface area contributed by atoms with Crippen LogP contribution in [0.25, 0.3) is 0 Å². The van der Waals surface area contributed by atoms with Crippen LogP contribution in [0.5, 0.6) is 17.2 Å². The number of rotatable bonds is 14. The van der Waals surface area contributed by atoms with E-state index in [9.17, 15) is 14.7 Å². The van der Waals surface area contributed by atoms with E-state index < -0.39 is 23.8 Å². The van der Waals surface area contributed by atoms with Gasteiger partial charge in [-0.2, -0.15) is 0 Å². The third-order valence-corrected chi connectivity index (χ3v) is 8.89. The fourth-order valence-corrected chi connectivity index (χ4v) is 6.73. The number of nitrogens with zero attached hydrogens (tertiary/aromatic N) is 1. The van der Waals surface area contributed by atoms with Crippen LogP contribution in [0.4, 0.5) is 5.69 Å². The number of nitrogens with one attached hydrogen (secondary N) is 1. The average Bonchev–Trinajstić information content (AvgIpc) is 3.68. The van der Waals surface area contributed by atoms with Gasteiger partial charge in [-0.3, -0.25) is 14.5 Å². The zero-order valence-corrected chi connectivity index (χ0v) is 27.3. The maximum atomic E-state index is 13.8. The zero-order valence-electron chi connectivity index (χ0n) is 27.3. The summed E-state index contributed by atoms with van der Waals surface area (Å²) >= 11 is 0. The van der Waals surface area contributed by atoms with E-state index in [1.807, 2.05) is 36.1 Å². The highest BCUT2D eigenvalue weighted by molar-refractivity contribution is 5.94. The van der Waals surface area contributed by atoms with E-state index >= 15 is 0 Å². The molecule has 0 spiro atoms. The predicted octanol–water partition coefficient (Wildman–Crippen LogP) is 5.64. The van der Waals surface area contributed by atoms with Gasteiger partial charge in [-0.05, 0) is 72.7 Å². The molecule has 246 valence electrons.